The first-order chi connectivity index (χ1) is 6.77. The van der Waals surface area contributed by atoms with Crippen molar-refractivity contribution in [2.45, 2.75) is 13.0 Å². The summed E-state index contributed by atoms with van der Waals surface area (Å²) in [6, 6.07) is 9.93. The Labute approximate surface area is 87.7 Å². The van der Waals surface area contributed by atoms with Gasteiger partial charge >= 0.3 is 0 Å². The van der Waals surface area contributed by atoms with Gasteiger partial charge in [-0.05, 0) is 34.9 Å². The molecular weight excluding hydrogens is 192 g/mol. The van der Waals surface area contributed by atoms with Crippen LogP contribution in [-0.2, 0) is 0 Å². The van der Waals surface area contributed by atoms with Crippen molar-refractivity contribution in [3.63, 3.8) is 0 Å². The lowest BCUT2D eigenvalue weighted by atomic mass is 10.0. The van der Waals surface area contributed by atoms with Gasteiger partial charge in [0.2, 0.25) is 0 Å². The zero-order valence-corrected chi connectivity index (χ0v) is 8.79. The zero-order chi connectivity index (χ0) is 9.97. The minimum atomic E-state index is -0.484. The smallest absolute Gasteiger partial charge is 0.105 e. The molecule has 0 spiro atoms. The largest absolute Gasteiger partial charge is 0.384 e. The molecule has 0 radical (unpaired) electrons. The number of thiophene rings is 1. The number of rotatable bonds is 2. The summed E-state index contributed by atoms with van der Waals surface area (Å²) in [5.41, 5.74) is 3.14. The molecule has 1 aromatic heterocycles. The molecule has 0 aliphatic carbocycles. The summed E-state index contributed by atoms with van der Waals surface area (Å²) < 4.78 is 0. The van der Waals surface area contributed by atoms with Crippen molar-refractivity contribution in [2.24, 2.45) is 0 Å². The van der Waals surface area contributed by atoms with E-state index in [0.29, 0.717) is 0 Å². The molecule has 0 bridgehead atoms. The van der Waals surface area contributed by atoms with Crippen LogP contribution >= 0.6 is 11.3 Å². The molecule has 2 rings (SSSR count). The van der Waals surface area contributed by atoms with E-state index in [1.165, 1.54) is 5.56 Å². The van der Waals surface area contributed by atoms with Gasteiger partial charge in [0.1, 0.15) is 6.10 Å². The second kappa shape index (κ2) is 3.95. The number of aryl methyl sites for hydroxylation is 1. The van der Waals surface area contributed by atoms with Crippen LogP contribution in [0.4, 0.5) is 0 Å². The van der Waals surface area contributed by atoms with Gasteiger partial charge in [0.25, 0.3) is 0 Å². The third-order valence-corrected chi connectivity index (χ3v) is 2.95. The lowest BCUT2D eigenvalue weighted by molar-refractivity contribution is 0.221. The van der Waals surface area contributed by atoms with Gasteiger partial charge in [-0.1, -0.05) is 29.8 Å². The van der Waals surface area contributed by atoms with Crippen molar-refractivity contribution < 1.29 is 5.11 Å². The van der Waals surface area contributed by atoms with Crippen molar-refractivity contribution in [3.05, 3.63) is 57.8 Å². The summed E-state index contributed by atoms with van der Waals surface area (Å²) in [7, 11) is 0. The molecule has 0 aliphatic rings. The Hall–Kier alpha value is -1.12. The molecule has 1 N–H and O–H groups in total. The van der Waals surface area contributed by atoms with Gasteiger partial charge in [0, 0.05) is 0 Å². The van der Waals surface area contributed by atoms with Crippen LogP contribution in [0, 0.1) is 6.92 Å². The maximum absolute atomic E-state index is 9.98. The van der Waals surface area contributed by atoms with Crippen LogP contribution in [0.25, 0.3) is 0 Å². The molecule has 0 unspecified atom stereocenters. The number of hydrogen-bond donors (Lipinski definition) is 1. The fraction of sp³-hybridized carbons (Fsp3) is 0.167. The Morgan fingerprint density at radius 1 is 1.07 bits per heavy atom. The molecule has 1 heterocycles. The number of benzene rings is 1. The lowest BCUT2D eigenvalue weighted by Crippen LogP contribution is -1.97. The average Bonchev–Trinajstić information content (AvgIpc) is 2.71. The highest BCUT2D eigenvalue weighted by Gasteiger charge is 2.09. The van der Waals surface area contributed by atoms with Crippen molar-refractivity contribution in [1.82, 2.24) is 0 Å². The van der Waals surface area contributed by atoms with Crippen LogP contribution in [0.3, 0.4) is 0 Å². The average molecular weight is 204 g/mol. The monoisotopic (exact) mass is 204 g/mol. The standard InChI is InChI=1S/C12H12OS/c1-9-2-4-10(5-3-9)12(13)11-6-7-14-8-11/h2-8,12-13H,1H3/t12-/m0/s1. The Bertz CT molecular complexity index is 389. The van der Waals surface area contributed by atoms with Gasteiger partial charge < -0.3 is 5.11 Å². The summed E-state index contributed by atoms with van der Waals surface area (Å²) in [6.07, 6.45) is -0.484. The molecule has 2 heteroatoms. The molecular formula is C12H12OS. The highest BCUT2D eigenvalue weighted by molar-refractivity contribution is 7.07. The SMILES string of the molecule is Cc1ccc([C@H](O)c2ccsc2)cc1. The molecule has 1 atom stereocenters. The molecule has 0 fully saturated rings. The quantitative estimate of drug-likeness (QED) is 0.796. The van der Waals surface area contributed by atoms with Crippen molar-refractivity contribution >= 4 is 11.3 Å². The van der Waals surface area contributed by atoms with Crippen molar-refractivity contribution in [3.8, 4) is 0 Å². The zero-order valence-electron chi connectivity index (χ0n) is 7.97. The molecule has 14 heavy (non-hydrogen) atoms. The van der Waals surface area contributed by atoms with E-state index >= 15 is 0 Å². The van der Waals surface area contributed by atoms with Crippen LogP contribution in [0.2, 0.25) is 0 Å². The fourth-order valence-electron chi connectivity index (χ4n) is 1.37. The Morgan fingerprint density at radius 3 is 2.36 bits per heavy atom. The molecule has 0 saturated heterocycles. The minimum Gasteiger partial charge on any atom is -0.384 e. The first kappa shape index (κ1) is 9.44. The van der Waals surface area contributed by atoms with Crippen molar-refractivity contribution in [1.29, 1.82) is 0 Å². The van der Waals surface area contributed by atoms with E-state index in [2.05, 4.69) is 0 Å². The summed E-state index contributed by atoms with van der Waals surface area (Å²) in [5.74, 6) is 0. The van der Waals surface area contributed by atoms with E-state index in [1.807, 2.05) is 48.0 Å². The van der Waals surface area contributed by atoms with E-state index in [1.54, 1.807) is 11.3 Å². The topological polar surface area (TPSA) is 20.2 Å². The Balaban J connectivity index is 2.28. The second-order valence-corrected chi connectivity index (χ2v) is 4.15. The maximum atomic E-state index is 9.98. The second-order valence-electron chi connectivity index (χ2n) is 3.37. The van der Waals surface area contributed by atoms with E-state index in [4.69, 9.17) is 0 Å². The van der Waals surface area contributed by atoms with Crippen LogP contribution in [0.1, 0.15) is 22.8 Å². The summed E-state index contributed by atoms with van der Waals surface area (Å²) in [6.45, 7) is 2.04. The van der Waals surface area contributed by atoms with Crippen LogP contribution in [0.5, 0.6) is 0 Å². The Kier molecular flexibility index (Phi) is 2.66. The van der Waals surface area contributed by atoms with Gasteiger partial charge in [-0.2, -0.15) is 11.3 Å². The summed E-state index contributed by atoms with van der Waals surface area (Å²) in [5, 5.41) is 13.9. The first-order valence-corrected chi connectivity index (χ1v) is 5.48. The predicted octanol–water partition coefficient (Wildman–Crippen LogP) is 3.14. The van der Waals surface area contributed by atoms with E-state index in [-0.39, 0.29) is 0 Å². The highest BCUT2D eigenvalue weighted by Crippen LogP contribution is 2.23. The molecule has 0 aliphatic heterocycles. The van der Waals surface area contributed by atoms with Gasteiger partial charge in [0.15, 0.2) is 0 Å². The number of aliphatic hydroxyl groups is 1. The summed E-state index contributed by atoms with van der Waals surface area (Å²) in [4.78, 5) is 0. The van der Waals surface area contributed by atoms with Gasteiger partial charge in [-0.25, -0.2) is 0 Å². The van der Waals surface area contributed by atoms with E-state index in [9.17, 15) is 5.11 Å². The molecule has 1 nitrogen and oxygen atoms in total. The molecule has 72 valence electrons. The van der Waals surface area contributed by atoms with Gasteiger partial charge in [-0.3, -0.25) is 0 Å². The molecule has 0 amide bonds. The van der Waals surface area contributed by atoms with E-state index < -0.39 is 6.10 Å². The van der Waals surface area contributed by atoms with Gasteiger partial charge in [0.05, 0.1) is 0 Å². The third kappa shape index (κ3) is 1.86. The van der Waals surface area contributed by atoms with E-state index in [0.717, 1.165) is 11.1 Å². The fourth-order valence-corrected chi connectivity index (χ4v) is 2.05. The molecule has 0 saturated carbocycles. The minimum absolute atomic E-state index is 0.484. The number of aliphatic hydroxyl groups excluding tert-OH is 1. The number of hydrogen-bond acceptors (Lipinski definition) is 2. The predicted molar refractivity (Wildman–Crippen MR) is 59.6 cm³/mol. The first-order valence-electron chi connectivity index (χ1n) is 4.54. The van der Waals surface area contributed by atoms with Gasteiger partial charge in [-0.15, -0.1) is 0 Å². The van der Waals surface area contributed by atoms with Crippen LogP contribution in [0.15, 0.2) is 41.1 Å². The van der Waals surface area contributed by atoms with Crippen LogP contribution < -0.4 is 0 Å². The van der Waals surface area contributed by atoms with Crippen molar-refractivity contribution in [2.75, 3.05) is 0 Å². The molecule has 2 aromatic rings. The Morgan fingerprint density at radius 2 is 1.79 bits per heavy atom. The molecule has 1 aromatic carbocycles. The normalized spacial score (nSPS) is 12.7. The highest BCUT2D eigenvalue weighted by atomic mass is 32.1. The third-order valence-electron chi connectivity index (χ3n) is 2.25. The maximum Gasteiger partial charge on any atom is 0.105 e. The lowest BCUT2D eigenvalue weighted by Gasteiger charge is -2.09. The summed E-state index contributed by atoms with van der Waals surface area (Å²) >= 11 is 1.61. The van der Waals surface area contributed by atoms with Crippen LogP contribution in [-0.4, -0.2) is 5.11 Å².